The smallest absolute Gasteiger partial charge is 0.118 e. The van der Waals surface area contributed by atoms with Crippen molar-refractivity contribution in [2.45, 2.75) is 52.7 Å². The molecule has 0 spiro atoms. The summed E-state index contributed by atoms with van der Waals surface area (Å²) in [6.07, 6.45) is 2.45. The highest BCUT2D eigenvalue weighted by Gasteiger charge is 2.25. The molecule has 1 aromatic rings. The van der Waals surface area contributed by atoms with Gasteiger partial charge in [-0.3, -0.25) is 0 Å². The number of hydrogen-bond acceptors (Lipinski definition) is 3. The van der Waals surface area contributed by atoms with Gasteiger partial charge in [0, 0.05) is 18.3 Å². The van der Waals surface area contributed by atoms with Crippen molar-refractivity contribution in [3.63, 3.8) is 0 Å². The maximum absolute atomic E-state index is 9.70. The van der Waals surface area contributed by atoms with E-state index in [0.717, 1.165) is 36.3 Å². The number of benzene rings is 1. The Hall–Kier alpha value is -1.22. The van der Waals surface area contributed by atoms with E-state index in [1.165, 1.54) is 0 Å². The highest BCUT2D eigenvalue weighted by molar-refractivity contribution is 5.57. The first-order valence-electron chi connectivity index (χ1n) is 7.15. The first-order chi connectivity index (χ1) is 8.97. The van der Waals surface area contributed by atoms with Gasteiger partial charge in [-0.1, -0.05) is 13.8 Å². The maximum Gasteiger partial charge on any atom is 0.118 e. The van der Waals surface area contributed by atoms with Crippen LogP contribution in [-0.4, -0.2) is 23.9 Å². The summed E-state index contributed by atoms with van der Waals surface area (Å²) in [4.78, 5) is 0. The molecular formula is C16H25NO2. The molecule has 3 nitrogen and oxygen atoms in total. The van der Waals surface area contributed by atoms with Gasteiger partial charge in [0.05, 0.1) is 6.10 Å². The molecule has 2 N–H and O–H groups in total. The van der Waals surface area contributed by atoms with Crippen LogP contribution < -0.4 is 5.32 Å². The Kier molecular flexibility index (Phi) is 4.35. The van der Waals surface area contributed by atoms with Crippen LogP contribution in [0.4, 0.5) is 5.69 Å². The number of anilines is 1. The number of phenols is 1. The average molecular weight is 263 g/mol. The highest BCUT2D eigenvalue weighted by Crippen LogP contribution is 2.28. The van der Waals surface area contributed by atoms with Crippen molar-refractivity contribution < 1.29 is 9.84 Å². The van der Waals surface area contributed by atoms with Gasteiger partial charge < -0.3 is 15.2 Å². The Morgan fingerprint density at radius 1 is 1.26 bits per heavy atom. The fourth-order valence-electron chi connectivity index (χ4n) is 2.60. The highest BCUT2D eigenvalue weighted by atomic mass is 16.5. The van der Waals surface area contributed by atoms with E-state index >= 15 is 0 Å². The molecule has 1 aliphatic heterocycles. The molecule has 2 unspecified atom stereocenters. The molecule has 2 atom stereocenters. The van der Waals surface area contributed by atoms with Crippen LogP contribution in [0.2, 0.25) is 0 Å². The third kappa shape index (κ3) is 3.41. The second kappa shape index (κ2) is 5.83. The second-order valence-electron chi connectivity index (χ2n) is 5.97. The Balaban J connectivity index is 2.06. The zero-order chi connectivity index (χ0) is 14.0. The van der Waals surface area contributed by atoms with Crippen LogP contribution in [0.25, 0.3) is 0 Å². The normalized spacial score (nSPS) is 23.6. The van der Waals surface area contributed by atoms with Gasteiger partial charge in [0.1, 0.15) is 5.75 Å². The summed E-state index contributed by atoms with van der Waals surface area (Å²) in [7, 11) is 0. The van der Waals surface area contributed by atoms with Gasteiger partial charge in [-0.2, -0.15) is 0 Å². The number of nitrogens with one attached hydrogen (secondary N) is 1. The molecule has 0 bridgehead atoms. The molecule has 0 saturated carbocycles. The molecule has 1 aromatic carbocycles. The number of ether oxygens (including phenoxy) is 1. The van der Waals surface area contributed by atoms with Crippen LogP contribution in [0.5, 0.6) is 5.75 Å². The molecule has 1 aliphatic rings. The van der Waals surface area contributed by atoms with Crippen LogP contribution in [0.1, 0.15) is 37.8 Å². The number of phenolic OH excluding ortho intramolecular Hbond substituents is 1. The van der Waals surface area contributed by atoms with Crippen LogP contribution in [-0.2, 0) is 4.74 Å². The summed E-state index contributed by atoms with van der Waals surface area (Å²) in [5.41, 5.74) is 3.14. The van der Waals surface area contributed by atoms with E-state index in [2.05, 4.69) is 19.2 Å². The summed E-state index contributed by atoms with van der Waals surface area (Å²) in [6, 6.07) is 4.32. The number of aryl methyl sites for hydroxylation is 2. The van der Waals surface area contributed by atoms with Crippen LogP contribution in [0, 0.1) is 19.8 Å². The summed E-state index contributed by atoms with van der Waals surface area (Å²) in [5.74, 6) is 0.933. The van der Waals surface area contributed by atoms with Crippen LogP contribution in [0.3, 0.4) is 0 Å². The van der Waals surface area contributed by atoms with Crippen molar-refractivity contribution in [1.82, 2.24) is 0 Å². The SMILES string of the molecule is Cc1cc(NC2CCOC(C(C)C)C2)c(C)cc1O. The van der Waals surface area contributed by atoms with Crippen molar-refractivity contribution in [1.29, 1.82) is 0 Å². The number of rotatable bonds is 3. The summed E-state index contributed by atoms with van der Waals surface area (Å²) in [6.45, 7) is 9.21. The first kappa shape index (κ1) is 14.2. The topological polar surface area (TPSA) is 41.5 Å². The van der Waals surface area contributed by atoms with E-state index in [1.807, 2.05) is 26.0 Å². The van der Waals surface area contributed by atoms with Crippen molar-refractivity contribution in [2.75, 3.05) is 11.9 Å². The van der Waals surface area contributed by atoms with E-state index < -0.39 is 0 Å². The molecule has 0 aliphatic carbocycles. The molecule has 1 fully saturated rings. The summed E-state index contributed by atoms with van der Waals surface area (Å²) >= 11 is 0. The molecule has 0 aromatic heterocycles. The van der Waals surface area contributed by atoms with E-state index in [4.69, 9.17) is 4.74 Å². The maximum atomic E-state index is 9.70. The lowest BCUT2D eigenvalue weighted by molar-refractivity contribution is -0.0160. The van der Waals surface area contributed by atoms with Crippen molar-refractivity contribution in [3.05, 3.63) is 23.3 Å². The Labute approximate surface area is 116 Å². The standard InChI is InChI=1S/C16H25NO2/c1-10(2)16-9-13(5-6-19-16)17-14-7-12(4)15(18)8-11(14)3/h7-8,10,13,16-18H,5-6,9H2,1-4H3. The molecular weight excluding hydrogens is 238 g/mol. The second-order valence-corrected chi connectivity index (χ2v) is 5.97. The van der Waals surface area contributed by atoms with Gasteiger partial charge in [-0.15, -0.1) is 0 Å². The molecule has 2 rings (SSSR count). The van der Waals surface area contributed by atoms with Gasteiger partial charge in [0.15, 0.2) is 0 Å². The van der Waals surface area contributed by atoms with Crippen molar-refractivity contribution in [2.24, 2.45) is 5.92 Å². The number of hydrogen-bond donors (Lipinski definition) is 2. The Morgan fingerprint density at radius 2 is 2.00 bits per heavy atom. The Bertz CT molecular complexity index is 443. The predicted octanol–water partition coefficient (Wildman–Crippen LogP) is 3.62. The van der Waals surface area contributed by atoms with Crippen molar-refractivity contribution in [3.8, 4) is 5.75 Å². The molecule has 3 heteroatoms. The minimum Gasteiger partial charge on any atom is -0.508 e. The first-order valence-corrected chi connectivity index (χ1v) is 7.15. The monoisotopic (exact) mass is 263 g/mol. The largest absolute Gasteiger partial charge is 0.508 e. The van der Waals surface area contributed by atoms with Crippen molar-refractivity contribution >= 4 is 5.69 Å². The fourth-order valence-corrected chi connectivity index (χ4v) is 2.60. The predicted molar refractivity (Wildman–Crippen MR) is 78.8 cm³/mol. The van der Waals surface area contributed by atoms with Crippen LogP contribution in [0.15, 0.2) is 12.1 Å². The third-order valence-corrected chi connectivity index (χ3v) is 3.96. The minimum atomic E-state index is 0.352. The molecule has 1 saturated heterocycles. The molecule has 0 radical (unpaired) electrons. The lowest BCUT2D eigenvalue weighted by atomic mass is 9.95. The van der Waals surface area contributed by atoms with E-state index in [0.29, 0.717) is 23.8 Å². The zero-order valence-corrected chi connectivity index (χ0v) is 12.4. The van der Waals surface area contributed by atoms with Crippen LogP contribution >= 0.6 is 0 Å². The van der Waals surface area contributed by atoms with E-state index in [-0.39, 0.29) is 0 Å². The average Bonchev–Trinajstić information content (AvgIpc) is 2.36. The molecule has 1 heterocycles. The zero-order valence-electron chi connectivity index (χ0n) is 12.4. The third-order valence-electron chi connectivity index (χ3n) is 3.96. The molecule has 0 amide bonds. The minimum absolute atomic E-state index is 0.352. The van der Waals surface area contributed by atoms with E-state index in [1.54, 1.807) is 0 Å². The summed E-state index contributed by atoms with van der Waals surface area (Å²) < 4.78 is 5.80. The van der Waals surface area contributed by atoms with Gasteiger partial charge in [0.2, 0.25) is 0 Å². The summed E-state index contributed by atoms with van der Waals surface area (Å²) in [5, 5.41) is 13.3. The van der Waals surface area contributed by atoms with Gasteiger partial charge in [0.25, 0.3) is 0 Å². The lowest BCUT2D eigenvalue weighted by Gasteiger charge is -2.33. The number of aromatic hydroxyl groups is 1. The van der Waals surface area contributed by atoms with Gasteiger partial charge in [-0.25, -0.2) is 0 Å². The Morgan fingerprint density at radius 3 is 2.68 bits per heavy atom. The van der Waals surface area contributed by atoms with E-state index in [9.17, 15) is 5.11 Å². The molecule has 106 valence electrons. The van der Waals surface area contributed by atoms with Gasteiger partial charge in [-0.05, 0) is 55.9 Å². The van der Waals surface area contributed by atoms with Gasteiger partial charge >= 0.3 is 0 Å². The fraction of sp³-hybridized carbons (Fsp3) is 0.625. The lowest BCUT2D eigenvalue weighted by Crippen LogP contribution is -2.36. The quantitative estimate of drug-likeness (QED) is 0.818. The molecule has 19 heavy (non-hydrogen) atoms.